The van der Waals surface area contributed by atoms with Crippen LogP contribution in [0.5, 0.6) is 5.75 Å². The first-order valence-corrected chi connectivity index (χ1v) is 11.3. The van der Waals surface area contributed by atoms with Crippen LogP contribution in [0, 0.1) is 18.8 Å². The van der Waals surface area contributed by atoms with E-state index in [9.17, 15) is 13.2 Å². The first-order valence-electron chi connectivity index (χ1n) is 9.44. The summed E-state index contributed by atoms with van der Waals surface area (Å²) in [6.45, 7) is 5.29. The van der Waals surface area contributed by atoms with Gasteiger partial charge >= 0.3 is 0 Å². The number of ether oxygens (including phenoxy) is 1. The van der Waals surface area contributed by atoms with Crippen molar-refractivity contribution in [2.75, 3.05) is 12.9 Å². The summed E-state index contributed by atoms with van der Waals surface area (Å²) < 4.78 is 32.1. The van der Waals surface area contributed by atoms with Crippen molar-refractivity contribution in [1.82, 2.24) is 4.57 Å². The average Bonchev–Trinajstić information content (AvgIpc) is 3.35. The van der Waals surface area contributed by atoms with Gasteiger partial charge in [-0.2, -0.15) is 0 Å². The van der Waals surface area contributed by atoms with Crippen LogP contribution in [0.1, 0.15) is 31.0 Å². The molecule has 1 aromatic carbocycles. The average molecular weight is 388 g/mol. The second-order valence-electron chi connectivity index (χ2n) is 8.10. The van der Waals surface area contributed by atoms with Gasteiger partial charge in [-0.15, -0.1) is 0 Å². The van der Waals surface area contributed by atoms with E-state index >= 15 is 0 Å². The zero-order chi connectivity index (χ0) is 19.3. The lowest BCUT2D eigenvalue weighted by Gasteiger charge is -2.17. The summed E-state index contributed by atoms with van der Waals surface area (Å²) in [5.74, 6) is 1.67. The molecule has 2 aromatic rings. The van der Waals surface area contributed by atoms with Crippen molar-refractivity contribution in [2.45, 2.75) is 44.6 Å². The predicted molar refractivity (Wildman–Crippen MR) is 105 cm³/mol. The molecule has 1 aliphatic carbocycles. The van der Waals surface area contributed by atoms with Gasteiger partial charge in [0.25, 0.3) is 5.56 Å². The summed E-state index contributed by atoms with van der Waals surface area (Å²) in [5.41, 5.74) is 3.35. The highest BCUT2D eigenvalue weighted by Crippen LogP contribution is 2.38. The Bertz CT molecular complexity index is 1060. The van der Waals surface area contributed by atoms with Crippen LogP contribution in [0.3, 0.4) is 0 Å². The number of aromatic nitrogens is 1. The lowest BCUT2D eigenvalue weighted by molar-refractivity contribution is 0.301. The van der Waals surface area contributed by atoms with Crippen LogP contribution in [0.25, 0.3) is 11.1 Å². The fourth-order valence-electron chi connectivity index (χ4n) is 3.76. The molecule has 6 heteroatoms. The first-order chi connectivity index (χ1) is 12.7. The molecule has 1 atom stereocenters. The Morgan fingerprint density at radius 3 is 2.59 bits per heavy atom. The minimum atomic E-state index is -3.34. The molecule has 2 aliphatic rings. The van der Waals surface area contributed by atoms with Crippen LogP contribution >= 0.6 is 0 Å². The first kappa shape index (κ1) is 18.3. The summed E-state index contributed by atoms with van der Waals surface area (Å²) in [4.78, 5) is 12.8. The monoisotopic (exact) mass is 387 g/mol. The van der Waals surface area contributed by atoms with Crippen molar-refractivity contribution in [3.8, 4) is 16.9 Å². The largest absolute Gasteiger partial charge is 0.493 e. The molecule has 4 rings (SSSR count). The lowest BCUT2D eigenvalue weighted by Crippen LogP contribution is -2.22. The smallest absolute Gasteiger partial charge is 0.253 e. The van der Waals surface area contributed by atoms with Crippen LogP contribution in [-0.2, 0) is 22.8 Å². The second kappa shape index (κ2) is 6.51. The number of hydrogen-bond acceptors (Lipinski definition) is 4. The van der Waals surface area contributed by atoms with E-state index in [4.69, 9.17) is 4.74 Å². The Labute approximate surface area is 159 Å². The molecule has 2 heterocycles. The highest BCUT2D eigenvalue weighted by molar-refractivity contribution is 7.90. The zero-order valence-electron chi connectivity index (χ0n) is 16.0. The minimum Gasteiger partial charge on any atom is -0.493 e. The summed E-state index contributed by atoms with van der Waals surface area (Å²) in [5, 5.41) is 0. The molecule has 0 saturated heterocycles. The summed E-state index contributed by atoms with van der Waals surface area (Å²) >= 11 is 0. The van der Waals surface area contributed by atoms with Gasteiger partial charge in [0.05, 0.1) is 11.5 Å². The van der Waals surface area contributed by atoms with E-state index in [1.165, 1.54) is 19.1 Å². The molecule has 0 amide bonds. The topological polar surface area (TPSA) is 65.4 Å². The number of hydrogen-bond donors (Lipinski definition) is 0. The Kier molecular flexibility index (Phi) is 4.41. The van der Waals surface area contributed by atoms with Crippen LogP contribution in [0.4, 0.5) is 0 Å². The Balaban J connectivity index is 1.90. The maximum atomic E-state index is 12.6. The van der Waals surface area contributed by atoms with E-state index in [0.29, 0.717) is 36.3 Å². The number of benzene rings is 1. The third-order valence-corrected chi connectivity index (χ3v) is 6.57. The predicted octanol–water partition coefficient (Wildman–Crippen LogP) is 3.21. The zero-order valence-corrected chi connectivity index (χ0v) is 16.8. The van der Waals surface area contributed by atoms with E-state index in [-0.39, 0.29) is 10.5 Å². The molecule has 1 aliphatic heterocycles. The van der Waals surface area contributed by atoms with Gasteiger partial charge in [-0.1, -0.05) is 6.92 Å². The number of sulfone groups is 1. The minimum absolute atomic E-state index is 0.0396. The van der Waals surface area contributed by atoms with Crippen molar-refractivity contribution in [3.63, 3.8) is 0 Å². The third kappa shape index (κ3) is 3.55. The normalized spacial score (nSPS) is 19.1. The third-order valence-electron chi connectivity index (χ3n) is 5.46. The Morgan fingerprint density at radius 1 is 1.19 bits per heavy atom. The number of nitrogens with zero attached hydrogens (tertiary/aromatic N) is 1. The standard InChI is InChI=1S/C21H25NO4S/c1-13-8-19-17(9-14(2)21(23)22(19)11-13)18-10-16(27(3,24)25)6-7-20(18)26-12-15-4-5-15/h6-7,9-10,13,15H,4-5,8,11-12H2,1-3H3/t13-/m1/s1. The molecule has 0 spiro atoms. The van der Waals surface area contributed by atoms with E-state index in [1.54, 1.807) is 18.2 Å². The molecule has 0 bridgehead atoms. The molecule has 1 saturated carbocycles. The van der Waals surface area contributed by atoms with Gasteiger partial charge in [0.2, 0.25) is 0 Å². The summed E-state index contributed by atoms with van der Waals surface area (Å²) in [6.07, 6.45) is 4.38. The number of pyridine rings is 1. The van der Waals surface area contributed by atoms with Gasteiger partial charge in [0.15, 0.2) is 9.84 Å². The molecule has 144 valence electrons. The quantitative estimate of drug-likeness (QED) is 0.790. The fourth-order valence-corrected chi connectivity index (χ4v) is 4.41. The molecule has 27 heavy (non-hydrogen) atoms. The van der Waals surface area contributed by atoms with E-state index < -0.39 is 9.84 Å². The Morgan fingerprint density at radius 2 is 1.93 bits per heavy atom. The van der Waals surface area contributed by atoms with Crippen LogP contribution < -0.4 is 10.3 Å². The summed E-state index contributed by atoms with van der Waals surface area (Å²) in [7, 11) is -3.34. The van der Waals surface area contributed by atoms with Crippen LogP contribution in [0.15, 0.2) is 34.0 Å². The maximum absolute atomic E-state index is 12.6. The molecule has 0 N–H and O–H groups in total. The van der Waals surface area contributed by atoms with Crippen molar-refractivity contribution in [2.24, 2.45) is 11.8 Å². The summed E-state index contributed by atoms with van der Waals surface area (Å²) in [6, 6.07) is 6.94. The maximum Gasteiger partial charge on any atom is 0.253 e. The van der Waals surface area contributed by atoms with E-state index in [1.807, 2.05) is 17.6 Å². The molecule has 0 unspecified atom stereocenters. The molecule has 5 nitrogen and oxygen atoms in total. The van der Waals surface area contributed by atoms with Gasteiger partial charge in [-0.05, 0) is 62.3 Å². The molecule has 0 radical (unpaired) electrons. The van der Waals surface area contributed by atoms with Gasteiger partial charge in [0, 0.05) is 35.2 Å². The lowest BCUT2D eigenvalue weighted by atomic mass is 9.98. The van der Waals surface area contributed by atoms with Gasteiger partial charge in [-0.25, -0.2) is 8.42 Å². The number of aryl methyl sites for hydroxylation is 1. The van der Waals surface area contributed by atoms with Gasteiger partial charge < -0.3 is 9.30 Å². The fraction of sp³-hybridized carbons (Fsp3) is 0.476. The SMILES string of the molecule is Cc1cc(-c2cc(S(C)(=O)=O)ccc2OCC2CC2)c2n(c1=O)C[C@H](C)C2. The van der Waals surface area contributed by atoms with Gasteiger partial charge in [0.1, 0.15) is 5.75 Å². The number of fused-ring (bicyclic) bond motifs is 1. The van der Waals surface area contributed by atoms with E-state index in [0.717, 1.165) is 23.2 Å². The van der Waals surface area contributed by atoms with Crippen LogP contribution in [0.2, 0.25) is 0 Å². The van der Waals surface area contributed by atoms with Crippen molar-refractivity contribution in [3.05, 3.63) is 45.9 Å². The highest BCUT2D eigenvalue weighted by atomic mass is 32.2. The molecular weight excluding hydrogens is 362 g/mol. The van der Waals surface area contributed by atoms with Crippen molar-refractivity contribution < 1.29 is 13.2 Å². The molecule has 1 fully saturated rings. The van der Waals surface area contributed by atoms with Crippen molar-refractivity contribution in [1.29, 1.82) is 0 Å². The highest BCUT2D eigenvalue weighted by Gasteiger charge is 2.27. The van der Waals surface area contributed by atoms with E-state index in [2.05, 4.69) is 6.92 Å². The van der Waals surface area contributed by atoms with Crippen molar-refractivity contribution >= 4 is 9.84 Å². The number of rotatable bonds is 5. The Hall–Kier alpha value is -2.08. The second-order valence-corrected chi connectivity index (χ2v) is 10.1. The van der Waals surface area contributed by atoms with Gasteiger partial charge in [-0.3, -0.25) is 4.79 Å². The molecule has 1 aromatic heterocycles. The molecular formula is C21H25NO4S. The van der Waals surface area contributed by atoms with Crippen LogP contribution in [-0.4, -0.2) is 25.8 Å².